The van der Waals surface area contributed by atoms with Gasteiger partial charge in [-0.15, -0.1) is 24.0 Å². The molecule has 8 heteroatoms. The summed E-state index contributed by atoms with van der Waals surface area (Å²) in [6, 6.07) is 16.1. The van der Waals surface area contributed by atoms with Crippen molar-refractivity contribution in [3.8, 4) is 11.1 Å². The van der Waals surface area contributed by atoms with Crippen molar-refractivity contribution in [1.82, 2.24) is 10.2 Å². The number of hydrogen-bond acceptors (Lipinski definition) is 3. The molecule has 0 atom stereocenters. The van der Waals surface area contributed by atoms with Crippen molar-refractivity contribution in [1.29, 1.82) is 0 Å². The third-order valence-electron chi connectivity index (χ3n) is 4.97. The summed E-state index contributed by atoms with van der Waals surface area (Å²) in [5.74, 6) is 0.422. The second-order valence-electron chi connectivity index (χ2n) is 6.97. The van der Waals surface area contributed by atoms with Gasteiger partial charge >= 0.3 is 6.09 Å². The minimum atomic E-state index is -0.244. The van der Waals surface area contributed by atoms with Gasteiger partial charge in [0.1, 0.15) is 0 Å². The molecule has 1 aliphatic rings. The van der Waals surface area contributed by atoms with E-state index in [4.69, 9.17) is 22.1 Å². The molecule has 162 valence electrons. The third-order valence-corrected chi connectivity index (χ3v) is 5.22. The molecule has 1 fully saturated rings. The van der Waals surface area contributed by atoms with Gasteiger partial charge in [-0.1, -0.05) is 48.0 Å². The van der Waals surface area contributed by atoms with Crippen molar-refractivity contribution in [2.24, 2.45) is 10.7 Å². The minimum absolute atomic E-state index is 0. The van der Waals surface area contributed by atoms with E-state index >= 15 is 0 Å². The van der Waals surface area contributed by atoms with Gasteiger partial charge in [0.05, 0.1) is 13.2 Å². The van der Waals surface area contributed by atoms with E-state index in [1.54, 1.807) is 4.90 Å². The highest BCUT2D eigenvalue weighted by Crippen LogP contribution is 2.25. The first-order valence-electron chi connectivity index (χ1n) is 9.89. The van der Waals surface area contributed by atoms with Crippen molar-refractivity contribution in [2.45, 2.75) is 32.4 Å². The number of benzene rings is 2. The van der Waals surface area contributed by atoms with E-state index in [2.05, 4.69) is 22.4 Å². The van der Waals surface area contributed by atoms with Crippen LogP contribution in [0, 0.1) is 0 Å². The Bertz CT molecular complexity index is 852. The summed E-state index contributed by atoms with van der Waals surface area (Å²) in [4.78, 5) is 18.0. The summed E-state index contributed by atoms with van der Waals surface area (Å²) in [6.07, 6.45) is 1.39. The maximum atomic E-state index is 11.8. The molecule has 1 heterocycles. The number of rotatable bonds is 5. The number of halogens is 2. The van der Waals surface area contributed by atoms with Crippen LogP contribution in [-0.2, 0) is 11.3 Å². The van der Waals surface area contributed by atoms with Crippen LogP contribution in [0.1, 0.15) is 25.3 Å². The number of nitrogens with two attached hydrogens (primary N) is 1. The van der Waals surface area contributed by atoms with Gasteiger partial charge in [0, 0.05) is 24.2 Å². The number of likely N-dealkylation sites (tertiary alicyclic amines) is 1. The lowest BCUT2D eigenvalue weighted by atomic mass is 10.00. The number of carbonyl (C=O) groups is 1. The fourth-order valence-electron chi connectivity index (χ4n) is 3.42. The van der Waals surface area contributed by atoms with Crippen LogP contribution in [-0.4, -0.2) is 42.7 Å². The summed E-state index contributed by atoms with van der Waals surface area (Å²) in [5.41, 5.74) is 9.42. The summed E-state index contributed by atoms with van der Waals surface area (Å²) >= 11 is 6.00. The average Bonchev–Trinajstić information content (AvgIpc) is 2.74. The van der Waals surface area contributed by atoms with Crippen LogP contribution in [0.15, 0.2) is 53.5 Å². The van der Waals surface area contributed by atoms with E-state index in [-0.39, 0.29) is 36.1 Å². The molecule has 6 nitrogen and oxygen atoms in total. The highest BCUT2D eigenvalue weighted by Gasteiger charge is 2.23. The topological polar surface area (TPSA) is 80.0 Å². The van der Waals surface area contributed by atoms with Crippen LogP contribution >= 0.6 is 35.6 Å². The molecule has 3 rings (SSSR count). The van der Waals surface area contributed by atoms with E-state index < -0.39 is 0 Å². The smallest absolute Gasteiger partial charge is 0.409 e. The molecule has 2 aromatic carbocycles. The van der Waals surface area contributed by atoms with Gasteiger partial charge in [-0.3, -0.25) is 0 Å². The van der Waals surface area contributed by atoms with Gasteiger partial charge in [-0.05, 0) is 48.6 Å². The van der Waals surface area contributed by atoms with Gasteiger partial charge in [0.25, 0.3) is 0 Å². The van der Waals surface area contributed by atoms with Crippen LogP contribution in [0.4, 0.5) is 4.79 Å². The lowest BCUT2D eigenvalue weighted by molar-refractivity contribution is 0.0963. The Morgan fingerprint density at radius 2 is 1.87 bits per heavy atom. The first-order valence-corrected chi connectivity index (χ1v) is 10.3. The molecule has 0 aromatic heterocycles. The number of guanidine groups is 1. The van der Waals surface area contributed by atoms with E-state index in [0.717, 1.165) is 29.5 Å². The Labute approximate surface area is 199 Å². The number of amides is 1. The number of piperidine rings is 1. The Kier molecular flexibility index (Phi) is 9.71. The van der Waals surface area contributed by atoms with Gasteiger partial charge in [-0.25, -0.2) is 9.79 Å². The minimum Gasteiger partial charge on any atom is -0.450 e. The molecule has 0 saturated carbocycles. The maximum Gasteiger partial charge on any atom is 0.409 e. The predicted octanol–water partition coefficient (Wildman–Crippen LogP) is 4.65. The summed E-state index contributed by atoms with van der Waals surface area (Å²) in [5, 5.41) is 3.99. The first-order chi connectivity index (χ1) is 14.1. The molecule has 0 radical (unpaired) electrons. The van der Waals surface area contributed by atoms with Crippen LogP contribution in [0.2, 0.25) is 5.02 Å². The molecular formula is C22H28ClIN4O2. The number of nitrogens with one attached hydrogen (secondary N) is 1. The van der Waals surface area contributed by atoms with Gasteiger partial charge in [-0.2, -0.15) is 0 Å². The quantitative estimate of drug-likeness (QED) is 0.327. The van der Waals surface area contributed by atoms with Crippen LogP contribution < -0.4 is 11.1 Å². The van der Waals surface area contributed by atoms with Crippen molar-refractivity contribution < 1.29 is 9.53 Å². The highest BCUT2D eigenvalue weighted by molar-refractivity contribution is 14.0. The molecule has 0 aliphatic carbocycles. The molecule has 0 spiro atoms. The van der Waals surface area contributed by atoms with Crippen LogP contribution in [0.25, 0.3) is 11.1 Å². The molecule has 0 unspecified atom stereocenters. The summed E-state index contributed by atoms with van der Waals surface area (Å²) in [6.45, 7) is 4.01. The number of nitrogens with zero attached hydrogens (tertiary/aromatic N) is 2. The molecule has 1 aliphatic heterocycles. The lowest BCUT2D eigenvalue weighted by Crippen LogP contribution is -2.48. The van der Waals surface area contributed by atoms with E-state index in [0.29, 0.717) is 37.2 Å². The maximum absolute atomic E-state index is 11.8. The Morgan fingerprint density at radius 1 is 1.20 bits per heavy atom. The zero-order valence-corrected chi connectivity index (χ0v) is 20.1. The molecule has 30 heavy (non-hydrogen) atoms. The van der Waals surface area contributed by atoms with Crippen LogP contribution in [0.5, 0.6) is 0 Å². The number of carbonyl (C=O) groups excluding carboxylic acids is 1. The lowest BCUT2D eigenvalue weighted by Gasteiger charge is -2.31. The summed E-state index contributed by atoms with van der Waals surface area (Å²) < 4.78 is 5.05. The van der Waals surface area contributed by atoms with Crippen molar-refractivity contribution in [2.75, 3.05) is 19.7 Å². The zero-order valence-electron chi connectivity index (χ0n) is 17.0. The molecule has 1 amide bonds. The Hall–Kier alpha value is -2.00. The van der Waals surface area contributed by atoms with E-state index in [9.17, 15) is 4.79 Å². The normalized spacial score (nSPS) is 14.7. The average molecular weight is 543 g/mol. The van der Waals surface area contributed by atoms with Gasteiger partial charge in [0.15, 0.2) is 5.96 Å². The standard InChI is InChI=1S/C22H27ClN4O2.HI/c1-2-29-22(28)27-13-11-19(12-14-27)26-21(24)25-15-17-5-3-4-6-20(17)16-7-9-18(23)10-8-16;/h3-10,19H,2,11-15H2,1H3,(H3,24,25,26);1H. The second kappa shape index (κ2) is 12.0. The highest BCUT2D eigenvalue weighted by atomic mass is 127. The van der Waals surface area contributed by atoms with E-state index in [1.165, 1.54) is 0 Å². The number of aliphatic imine (C=N–C) groups is 1. The van der Waals surface area contributed by atoms with Crippen molar-refractivity contribution in [3.63, 3.8) is 0 Å². The second-order valence-corrected chi connectivity index (χ2v) is 7.41. The molecule has 1 saturated heterocycles. The van der Waals surface area contributed by atoms with Crippen LogP contribution in [0.3, 0.4) is 0 Å². The third kappa shape index (κ3) is 6.77. The van der Waals surface area contributed by atoms with Crippen molar-refractivity contribution >= 4 is 47.6 Å². The zero-order chi connectivity index (χ0) is 20.6. The van der Waals surface area contributed by atoms with Gasteiger partial charge in [0.2, 0.25) is 0 Å². The Balaban J connectivity index is 0.00000320. The fraction of sp³-hybridized carbons (Fsp3) is 0.364. The monoisotopic (exact) mass is 542 g/mol. The van der Waals surface area contributed by atoms with Crippen molar-refractivity contribution in [3.05, 3.63) is 59.1 Å². The SMILES string of the molecule is CCOC(=O)N1CCC(NC(N)=NCc2ccccc2-c2ccc(Cl)cc2)CC1.I. The molecule has 2 aromatic rings. The molecule has 0 bridgehead atoms. The fourth-order valence-corrected chi connectivity index (χ4v) is 3.54. The predicted molar refractivity (Wildman–Crippen MR) is 132 cm³/mol. The first kappa shape index (κ1) is 24.3. The largest absolute Gasteiger partial charge is 0.450 e. The molecular weight excluding hydrogens is 515 g/mol. The number of hydrogen-bond donors (Lipinski definition) is 2. The van der Waals surface area contributed by atoms with Gasteiger partial charge < -0.3 is 20.7 Å². The summed E-state index contributed by atoms with van der Waals surface area (Å²) in [7, 11) is 0. The molecule has 3 N–H and O–H groups in total. The number of ether oxygens (including phenoxy) is 1. The van der Waals surface area contributed by atoms with E-state index in [1.807, 2.05) is 43.3 Å². The Morgan fingerprint density at radius 3 is 2.53 bits per heavy atom.